The van der Waals surface area contributed by atoms with Crippen molar-refractivity contribution in [1.29, 1.82) is 0 Å². The molecule has 2 rings (SSSR count). The lowest BCUT2D eigenvalue weighted by molar-refractivity contribution is 0.0922. The third-order valence-electron chi connectivity index (χ3n) is 3.15. The first-order chi connectivity index (χ1) is 9.51. The second-order valence-electron chi connectivity index (χ2n) is 4.73. The number of rotatable bonds is 4. The summed E-state index contributed by atoms with van der Waals surface area (Å²) < 4.78 is 11.1. The summed E-state index contributed by atoms with van der Waals surface area (Å²) in [7, 11) is 0. The van der Waals surface area contributed by atoms with Gasteiger partial charge in [0, 0.05) is 0 Å². The Balaban J connectivity index is 2.09. The van der Waals surface area contributed by atoms with Gasteiger partial charge in [0.1, 0.15) is 18.1 Å². The van der Waals surface area contributed by atoms with Gasteiger partial charge in [0.15, 0.2) is 5.76 Å². The van der Waals surface area contributed by atoms with Crippen LogP contribution in [0, 0.1) is 20.8 Å². The molecule has 0 aliphatic heterocycles. The molecule has 0 saturated carbocycles. The van der Waals surface area contributed by atoms with Gasteiger partial charge in [0.05, 0.1) is 0 Å². The standard InChI is InChI=1S/C15H18N2O3/c1-9-6-10(2)11(3)14(7-9)19-8-12-4-5-13(20-12)15(18)17-16/h4-7H,8,16H2,1-3H3,(H,17,18). The van der Waals surface area contributed by atoms with E-state index in [1.165, 1.54) is 5.56 Å². The summed E-state index contributed by atoms with van der Waals surface area (Å²) in [5, 5.41) is 0. The van der Waals surface area contributed by atoms with E-state index in [0.29, 0.717) is 5.76 Å². The highest BCUT2D eigenvalue weighted by Crippen LogP contribution is 2.24. The molecule has 0 atom stereocenters. The molecule has 0 radical (unpaired) electrons. The van der Waals surface area contributed by atoms with E-state index in [-0.39, 0.29) is 12.4 Å². The second kappa shape index (κ2) is 5.79. The number of nitrogens with one attached hydrogen (secondary N) is 1. The largest absolute Gasteiger partial charge is 0.485 e. The van der Waals surface area contributed by atoms with Crippen molar-refractivity contribution in [2.75, 3.05) is 0 Å². The Morgan fingerprint density at radius 1 is 1.30 bits per heavy atom. The number of carbonyl (C=O) groups is 1. The number of amides is 1. The van der Waals surface area contributed by atoms with Crippen molar-refractivity contribution in [2.24, 2.45) is 5.84 Å². The number of hydrogen-bond donors (Lipinski definition) is 2. The number of furan rings is 1. The Kier molecular flexibility index (Phi) is 4.10. The molecule has 106 valence electrons. The topological polar surface area (TPSA) is 77.5 Å². The molecule has 2 aromatic rings. The third-order valence-corrected chi connectivity index (χ3v) is 3.15. The fraction of sp³-hybridized carbons (Fsp3) is 0.267. The van der Waals surface area contributed by atoms with Gasteiger partial charge in [-0.2, -0.15) is 0 Å². The van der Waals surface area contributed by atoms with Crippen LogP contribution in [-0.2, 0) is 6.61 Å². The molecule has 0 bridgehead atoms. The predicted molar refractivity (Wildman–Crippen MR) is 75.3 cm³/mol. The van der Waals surface area contributed by atoms with E-state index in [2.05, 4.69) is 6.07 Å². The SMILES string of the molecule is Cc1cc(C)c(C)c(OCc2ccc(C(=O)NN)o2)c1. The van der Waals surface area contributed by atoms with E-state index in [1.54, 1.807) is 12.1 Å². The summed E-state index contributed by atoms with van der Waals surface area (Å²) in [4.78, 5) is 11.3. The zero-order valence-electron chi connectivity index (χ0n) is 11.8. The predicted octanol–water partition coefficient (Wildman–Crippen LogP) is 2.39. The van der Waals surface area contributed by atoms with E-state index in [1.807, 2.05) is 32.3 Å². The Morgan fingerprint density at radius 2 is 2.05 bits per heavy atom. The Hall–Kier alpha value is -2.27. The number of hydrazine groups is 1. The summed E-state index contributed by atoms with van der Waals surface area (Å²) >= 11 is 0. The van der Waals surface area contributed by atoms with Crippen LogP contribution in [-0.4, -0.2) is 5.91 Å². The first-order valence-corrected chi connectivity index (χ1v) is 6.31. The number of carbonyl (C=O) groups excluding carboxylic acids is 1. The molecule has 0 aliphatic rings. The van der Waals surface area contributed by atoms with E-state index >= 15 is 0 Å². The van der Waals surface area contributed by atoms with Gasteiger partial charge < -0.3 is 9.15 Å². The molecule has 0 spiro atoms. The Morgan fingerprint density at radius 3 is 2.75 bits per heavy atom. The van der Waals surface area contributed by atoms with Crippen LogP contribution in [0.25, 0.3) is 0 Å². The van der Waals surface area contributed by atoms with Crippen LogP contribution in [0.15, 0.2) is 28.7 Å². The molecule has 20 heavy (non-hydrogen) atoms. The van der Waals surface area contributed by atoms with Gasteiger partial charge in [0.2, 0.25) is 0 Å². The summed E-state index contributed by atoms with van der Waals surface area (Å²) in [6.45, 7) is 6.35. The summed E-state index contributed by atoms with van der Waals surface area (Å²) in [6.07, 6.45) is 0. The fourth-order valence-electron chi connectivity index (χ4n) is 1.95. The molecule has 0 unspecified atom stereocenters. The number of hydrogen-bond acceptors (Lipinski definition) is 4. The molecule has 1 aromatic carbocycles. The monoisotopic (exact) mass is 274 g/mol. The lowest BCUT2D eigenvalue weighted by atomic mass is 10.1. The third kappa shape index (κ3) is 3.00. The van der Waals surface area contributed by atoms with Crippen LogP contribution in [0.3, 0.4) is 0 Å². The molecule has 5 nitrogen and oxygen atoms in total. The first-order valence-electron chi connectivity index (χ1n) is 6.31. The molecule has 3 N–H and O–H groups in total. The van der Waals surface area contributed by atoms with Crippen LogP contribution in [0.2, 0.25) is 0 Å². The number of aryl methyl sites for hydroxylation is 2. The molecule has 0 aliphatic carbocycles. The minimum absolute atomic E-state index is 0.170. The minimum Gasteiger partial charge on any atom is -0.485 e. The highest BCUT2D eigenvalue weighted by molar-refractivity contribution is 5.90. The molecule has 1 heterocycles. The molecule has 0 fully saturated rings. The van der Waals surface area contributed by atoms with Crippen LogP contribution < -0.4 is 16.0 Å². The van der Waals surface area contributed by atoms with Crippen molar-refractivity contribution < 1.29 is 13.9 Å². The summed E-state index contributed by atoms with van der Waals surface area (Å²) in [5.74, 6) is 6.15. The van der Waals surface area contributed by atoms with E-state index in [9.17, 15) is 4.79 Å². The van der Waals surface area contributed by atoms with Gasteiger partial charge in [-0.05, 0) is 55.7 Å². The quantitative estimate of drug-likeness (QED) is 0.510. The minimum atomic E-state index is -0.459. The van der Waals surface area contributed by atoms with Gasteiger partial charge in [-0.1, -0.05) is 6.07 Å². The number of nitrogens with two attached hydrogens (primary N) is 1. The van der Waals surface area contributed by atoms with Crippen molar-refractivity contribution in [3.63, 3.8) is 0 Å². The van der Waals surface area contributed by atoms with Gasteiger partial charge in [0.25, 0.3) is 0 Å². The Labute approximate surface area is 117 Å². The van der Waals surface area contributed by atoms with Crippen molar-refractivity contribution >= 4 is 5.91 Å². The maximum Gasteiger partial charge on any atom is 0.300 e. The maximum atomic E-state index is 11.3. The van der Waals surface area contributed by atoms with Crippen molar-refractivity contribution in [2.45, 2.75) is 27.4 Å². The van der Waals surface area contributed by atoms with Crippen molar-refractivity contribution in [3.05, 3.63) is 52.5 Å². The van der Waals surface area contributed by atoms with Crippen LogP contribution >= 0.6 is 0 Å². The zero-order chi connectivity index (χ0) is 14.7. The summed E-state index contributed by atoms with van der Waals surface area (Å²) in [6, 6.07) is 7.36. The summed E-state index contributed by atoms with van der Waals surface area (Å²) in [5.41, 5.74) is 5.45. The highest BCUT2D eigenvalue weighted by atomic mass is 16.5. The molecular formula is C15H18N2O3. The number of nitrogen functional groups attached to an aromatic ring is 1. The molecule has 0 saturated heterocycles. The highest BCUT2D eigenvalue weighted by Gasteiger charge is 2.10. The van der Waals surface area contributed by atoms with Crippen LogP contribution in [0.4, 0.5) is 0 Å². The maximum absolute atomic E-state index is 11.3. The van der Waals surface area contributed by atoms with Gasteiger partial charge >= 0.3 is 5.91 Å². The molecule has 1 aromatic heterocycles. The average Bonchev–Trinajstić information content (AvgIpc) is 2.89. The Bertz CT molecular complexity index is 632. The van der Waals surface area contributed by atoms with Gasteiger partial charge in [-0.15, -0.1) is 0 Å². The molecular weight excluding hydrogens is 256 g/mol. The van der Waals surface area contributed by atoms with Gasteiger partial charge in [-0.25, -0.2) is 5.84 Å². The zero-order valence-corrected chi connectivity index (χ0v) is 11.8. The molecule has 5 heteroatoms. The van der Waals surface area contributed by atoms with Crippen molar-refractivity contribution in [1.82, 2.24) is 5.43 Å². The van der Waals surface area contributed by atoms with Crippen LogP contribution in [0.1, 0.15) is 33.0 Å². The van der Waals surface area contributed by atoms with E-state index < -0.39 is 5.91 Å². The fourth-order valence-corrected chi connectivity index (χ4v) is 1.95. The molecule has 1 amide bonds. The second-order valence-corrected chi connectivity index (χ2v) is 4.73. The van der Waals surface area contributed by atoms with Crippen LogP contribution in [0.5, 0.6) is 5.75 Å². The average molecular weight is 274 g/mol. The number of ether oxygens (including phenoxy) is 1. The normalized spacial score (nSPS) is 10.4. The smallest absolute Gasteiger partial charge is 0.300 e. The van der Waals surface area contributed by atoms with E-state index in [4.69, 9.17) is 15.0 Å². The van der Waals surface area contributed by atoms with E-state index in [0.717, 1.165) is 16.9 Å². The lowest BCUT2D eigenvalue weighted by Crippen LogP contribution is -2.29. The van der Waals surface area contributed by atoms with Crippen molar-refractivity contribution in [3.8, 4) is 5.75 Å². The van der Waals surface area contributed by atoms with Gasteiger partial charge in [-0.3, -0.25) is 10.2 Å². The lowest BCUT2D eigenvalue weighted by Gasteiger charge is -2.11. The first kappa shape index (κ1) is 14.1. The number of benzene rings is 1.